The van der Waals surface area contributed by atoms with Gasteiger partial charge in [0.1, 0.15) is 0 Å². The van der Waals surface area contributed by atoms with Crippen molar-refractivity contribution < 1.29 is 4.79 Å². The Balaban J connectivity index is 1.70. The fourth-order valence-electron chi connectivity index (χ4n) is 2.44. The minimum atomic E-state index is 0.101. The lowest BCUT2D eigenvalue weighted by molar-refractivity contribution is -0.122. The van der Waals surface area contributed by atoms with Crippen molar-refractivity contribution in [1.29, 1.82) is 0 Å². The summed E-state index contributed by atoms with van der Waals surface area (Å²) in [6.45, 7) is 4.59. The summed E-state index contributed by atoms with van der Waals surface area (Å²) >= 11 is 0. The minimum Gasteiger partial charge on any atom is -0.350 e. The molecule has 0 aliphatic rings. The summed E-state index contributed by atoms with van der Waals surface area (Å²) in [5, 5.41) is 2.95. The van der Waals surface area contributed by atoms with E-state index in [9.17, 15) is 4.79 Å². The highest BCUT2D eigenvalue weighted by molar-refractivity contribution is 5.76. The number of pyridine rings is 1. The number of benzene rings is 1. The maximum atomic E-state index is 12.0. The quantitative estimate of drug-likeness (QED) is 0.847. The molecule has 1 aromatic heterocycles. The van der Waals surface area contributed by atoms with Gasteiger partial charge in [-0.1, -0.05) is 43.3 Å². The number of amides is 1. The second kappa shape index (κ2) is 8.32. The summed E-state index contributed by atoms with van der Waals surface area (Å²) in [6.07, 6.45) is 2.62. The van der Waals surface area contributed by atoms with Gasteiger partial charge in [-0.05, 0) is 43.4 Å². The van der Waals surface area contributed by atoms with Gasteiger partial charge in [-0.3, -0.25) is 9.78 Å². The van der Waals surface area contributed by atoms with Gasteiger partial charge in [0.25, 0.3) is 0 Å². The van der Waals surface area contributed by atoms with Gasteiger partial charge in [0.2, 0.25) is 5.91 Å². The van der Waals surface area contributed by atoms with Crippen molar-refractivity contribution in [3.8, 4) is 0 Å². The molecule has 0 saturated heterocycles. The number of aromatic nitrogens is 1. The fraction of sp³-hybridized carbons (Fsp3) is 0.368. The van der Waals surface area contributed by atoms with Crippen LogP contribution < -0.4 is 5.32 Å². The predicted octanol–water partition coefficient (Wildman–Crippen LogP) is 3.67. The van der Waals surface area contributed by atoms with E-state index in [1.54, 1.807) is 0 Å². The van der Waals surface area contributed by atoms with E-state index in [4.69, 9.17) is 0 Å². The summed E-state index contributed by atoms with van der Waals surface area (Å²) in [5.74, 6) is 0.481. The van der Waals surface area contributed by atoms with Gasteiger partial charge < -0.3 is 5.32 Å². The molecule has 0 radical (unpaired) electrons. The van der Waals surface area contributed by atoms with E-state index in [-0.39, 0.29) is 5.91 Å². The highest BCUT2D eigenvalue weighted by Crippen LogP contribution is 2.12. The molecule has 0 aliphatic carbocycles. The molecule has 0 saturated carbocycles. The van der Waals surface area contributed by atoms with Crippen LogP contribution in [0.3, 0.4) is 0 Å². The Labute approximate surface area is 132 Å². The van der Waals surface area contributed by atoms with Gasteiger partial charge in [-0.2, -0.15) is 0 Å². The summed E-state index contributed by atoms with van der Waals surface area (Å²) in [5.41, 5.74) is 3.21. The van der Waals surface area contributed by atoms with Gasteiger partial charge >= 0.3 is 0 Å². The smallest absolute Gasteiger partial charge is 0.220 e. The molecule has 1 N–H and O–H groups in total. The van der Waals surface area contributed by atoms with Crippen molar-refractivity contribution in [1.82, 2.24) is 10.3 Å². The van der Waals surface area contributed by atoms with Crippen LogP contribution in [0.15, 0.2) is 48.5 Å². The van der Waals surface area contributed by atoms with Gasteiger partial charge in [-0.15, -0.1) is 0 Å². The molecule has 0 bridgehead atoms. The number of carbonyl (C=O) groups is 1. The number of nitrogens with one attached hydrogen (secondary N) is 1. The van der Waals surface area contributed by atoms with Crippen LogP contribution in [0.5, 0.6) is 0 Å². The van der Waals surface area contributed by atoms with Crippen LogP contribution in [0.25, 0.3) is 0 Å². The first-order valence-corrected chi connectivity index (χ1v) is 7.86. The topological polar surface area (TPSA) is 42.0 Å². The predicted molar refractivity (Wildman–Crippen MR) is 89.4 cm³/mol. The highest BCUT2D eigenvalue weighted by atomic mass is 16.1. The Morgan fingerprint density at radius 2 is 1.91 bits per heavy atom. The summed E-state index contributed by atoms with van der Waals surface area (Å²) < 4.78 is 0. The molecule has 1 heterocycles. The third kappa shape index (κ3) is 5.68. The van der Waals surface area contributed by atoms with E-state index in [1.165, 1.54) is 5.56 Å². The van der Waals surface area contributed by atoms with E-state index in [2.05, 4.69) is 41.5 Å². The molecule has 1 atom stereocenters. The number of hydrogen-bond donors (Lipinski definition) is 1. The van der Waals surface area contributed by atoms with Crippen LogP contribution in [0.2, 0.25) is 0 Å². The average molecular weight is 296 g/mol. The molecule has 1 unspecified atom stereocenters. The zero-order valence-corrected chi connectivity index (χ0v) is 13.4. The largest absolute Gasteiger partial charge is 0.350 e. The molecule has 1 aromatic carbocycles. The Morgan fingerprint density at radius 1 is 1.14 bits per heavy atom. The van der Waals surface area contributed by atoms with Gasteiger partial charge in [0.15, 0.2) is 0 Å². The van der Waals surface area contributed by atoms with Crippen molar-refractivity contribution in [3.63, 3.8) is 0 Å². The molecular weight excluding hydrogens is 272 g/mol. The molecule has 2 aromatic rings. The van der Waals surface area contributed by atoms with Crippen molar-refractivity contribution in [2.24, 2.45) is 5.92 Å². The second-order valence-corrected chi connectivity index (χ2v) is 5.88. The molecule has 0 fully saturated rings. The lowest BCUT2D eigenvalue weighted by Crippen LogP contribution is -2.25. The molecular formula is C19H24N2O. The monoisotopic (exact) mass is 296 g/mol. The number of carbonyl (C=O) groups excluding carboxylic acids is 1. The summed E-state index contributed by atoms with van der Waals surface area (Å²) in [7, 11) is 0. The molecule has 22 heavy (non-hydrogen) atoms. The lowest BCUT2D eigenvalue weighted by Gasteiger charge is -2.11. The Bertz CT molecular complexity index is 595. The average Bonchev–Trinajstić information content (AvgIpc) is 2.52. The molecule has 1 amide bonds. The van der Waals surface area contributed by atoms with Crippen molar-refractivity contribution in [2.45, 2.75) is 39.7 Å². The van der Waals surface area contributed by atoms with E-state index in [0.717, 1.165) is 24.2 Å². The van der Waals surface area contributed by atoms with Crippen LogP contribution >= 0.6 is 0 Å². The summed E-state index contributed by atoms with van der Waals surface area (Å²) in [6, 6.07) is 16.3. The zero-order valence-electron chi connectivity index (χ0n) is 13.4. The Hall–Kier alpha value is -2.16. The zero-order chi connectivity index (χ0) is 15.8. The standard InChI is InChI=1S/C19H24N2O/c1-15(11-12-17-8-4-3-5-9-17)13-19(22)20-14-18-10-6-7-16(2)21-18/h3-10,15H,11-14H2,1-2H3,(H,20,22). The van der Waals surface area contributed by atoms with Crippen LogP contribution in [-0.4, -0.2) is 10.9 Å². The number of nitrogens with zero attached hydrogens (tertiary/aromatic N) is 1. The maximum absolute atomic E-state index is 12.0. The SMILES string of the molecule is Cc1cccc(CNC(=O)CC(C)CCc2ccccc2)n1. The Morgan fingerprint density at radius 3 is 2.64 bits per heavy atom. The highest BCUT2D eigenvalue weighted by Gasteiger charge is 2.09. The third-order valence-electron chi connectivity index (χ3n) is 3.72. The first-order valence-electron chi connectivity index (χ1n) is 7.86. The lowest BCUT2D eigenvalue weighted by atomic mass is 9.98. The maximum Gasteiger partial charge on any atom is 0.220 e. The second-order valence-electron chi connectivity index (χ2n) is 5.88. The number of rotatable bonds is 7. The molecule has 0 aliphatic heterocycles. The number of hydrogen-bond acceptors (Lipinski definition) is 2. The molecule has 0 spiro atoms. The first kappa shape index (κ1) is 16.2. The van der Waals surface area contributed by atoms with Crippen molar-refractivity contribution >= 4 is 5.91 Å². The van der Waals surface area contributed by atoms with E-state index in [0.29, 0.717) is 18.9 Å². The van der Waals surface area contributed by atoms with Gasteiger partial charge in [-0.25, -0.2) is 0 Å². The third-order valence-corrected chi connectivity index (χ3v) is 3.72. The molecule has 116 valence electrons. The number of aryl methyl sites for hydroxylation is 2. The van der Waals surface area contributed by atoms with Crippen molar-refractivity contribution in [2.75, 3.05) is 0 Å². The van der Waals surface area contributed by atoms with E-state index >= 15 is 0 Å². The van der Waals surface area contributed by atoms with Crippen LogP contribution in [-0.2, 0) is 17.8 Å². The van der Waals surface area contributed by atoms with E-state index < -0.39 is 0 Å². The van der Waals surface area contributed by atoms with Crippen LogP contribution in [0.4, 0.5) is 0 Å². The molecule has 3 nitrogen and oxygen atoms in total. The molecule has 2 rings (SSSR count). The fourth-order valence-corrected chi connectivity index (χ4v) is 2.44. The molecule has 3 heteroatoms. The summed E-state index contributed by atoms with van der Waals surface area (Å²) in [4.78, 5) is 16.4. The van der Waals surface area contributed by atoms with E-state index in [1.807, 2.05) is 31.2 Å². The Kier molecular flexibility index (Phi) is 6.13. The van der Waals surface area contributed by atoms with Gasteiger partial charge in [0.05, 0.1) is 12.2 Å². The first-order chi connectivity index (χ1) is 10.6. The minimum absolute atomic E-state index is 0.101. The van der Waals surface area contributed by atoms with Crippen LogP contribution in [0, 0.1) is 12.8 Å². The van der Waals surface area contributed by atoms with Gasteiger partial charge in [0, 0.05) is 12.1 Å². The normalized spacial score (nSPS) is 11.9. The van der Waals surface area contributed by atoms with Crippen molar-refractivity contribution in [3.05, 3.63) is 65.5 Å². The van der Waals surface area contributed by atoms with Crippen LogP contribution in [0.1, 0.15) is 36.7 Å².